The lowest BCUT2D eigenvalue weighted by Gasteiger charge is -2.15. The summed E-state index contributed by atoms with van der Waals surface area (Å²) in [5, 5.41) is 0. The van der Waals surface area contributed by atoms with Crippen molar-refractivity contribution >= 4 is 7.12 Å². The highest BCUT2D eigenvalue weighted by atomic mass is 16.6. The molecule has 0 radical (unpaired) electrons. The van der Waals surface area contributed by atoms with E-state index in [2.05, 4.69) is 6.08 Å². The Bertz CT molecular complexity index is 164. The Hall–Kier alpha value is -0.275. The first-order valence-electron chi connectivity index (χ1n) is 5.13. The molecule has 1 aliphatic rings. The van der Waals surface area contributed by atoms with Gasteiger partial charge in [0.15, 0.2) is 0 Å². The number of allylic oxidation sites excluding steroid dienone is 2. The number of rotatable bonds is 3. The average molecular weight is 182 g/mol. The van der Waals surface area contributed by atoms with Gasteiger partial charge in [-0.3, -0.25) is 0 Å². The van der Waals surface area contributed by atoms with E-state index >= 15 is 0 Å². The molecule has 3 heteroatoms. The van der Waals surface area contributed by atoms with Gasteiger partial charge in [0.25, 0.3) is 0 Å². The van der Waals surface area contributed by atoms with Crippen molar-refractivity contribution in [3.05, 3.63) is 11.5 Å². The molecule has 1 aliphatic carbocycles. The van der Waals surface area contributed by atoms with Crippen LogP contribution < -0.4 is 0 Å². The van der Waals surface area contributed by atoms with E-state index in [1.165, 1.54) is 37.6 Å². The Morgan fingerprint density at radius 1 is 1.08 bits per heavy atom. The quantitative estimate of drug-likeness (QED) is 0.624. The van der Waals surface area contributed by atoms with E-state index in [-0.39, 0.29) is 7.12 Å². The molecule has 0 N–H and O–H groups in total. The number of hydrogen-bond donors (Lipinski definition) is 0. The largest absolute Gasteiger partial charge is 0.488 e. The maximum Gasteiger partial charge on any atom is 0.488 e. The third-order valence-corrected chi connectivity index (χ3v) is 2.56. The van der Waals surface area contributed by atoms with Crippen molar-refractivity contribution in [2.75, 3.05) is 14.2 Å². The second kappa shape index (κ2) is 6.22. The molecule has 2 nitrogen and oxygen atoms in total. The third kappa shape index (κ3) is 3.53. The number of hydrogen-bond acceptors (Lipinski definition) is 2. The predicted octanol–water partition coefficient (Wildman–Crippen LogP) is 2.59. The monoisotopic (exact) mass is 182 g/mol. The van der Waals surface area contributed by atoms with Crippen LogP contribution in [0.1, 0.15) is 38.5 Å². The van der Waals surface area contributed by atoms with Crippen LogP contribution in [0.25, 0.3) is 0 Å². The van der Waals surface area contributed by atoms with Crippen molar-refractivity contribution in [2.24, 2.45) is 0 Å². The first kappa shape index (κ1) is 10.8. The smallest absolute Gasteiger partial charge is 0.410 e. The summed E-state index contributed by atoms with van der Waals surface area (Å²) in [5.74, 6) is 0. The van der Waals surface area contributed by atoms with Crippen molar-refractivity contribution in [1.29, 1.82) is 0 Å². The maximum absolute atomic E-state index is 5.24. The molecule has 0 spiro atoms. The molecule has 0 heterocycles. The molecule has 13 heavy (non-hydrogen) atoms. The molecule has 0 atom stereocenters. The second-order valence-electron chi connectivity index (χ2n) is 3.54. The highest BCUT2D eigenvalue weighted by molar-refractivity contribution is 6.53. The van der Waals surface area contributed by atoms with Crippen LogP contribution in [-0.2, 0) is 9.31 Å². The fourth-order valence-corrected chi connectivity index (χ4v) is 1.83. The fraction of sp³-hybridized carbons (Fsp3) is 0.800. The zero-order valence-electron chi connectivity index (χ0n) is 8.71. The minimum atomic E-state index is -0.113. The molecule has 1 rings (SSSR count). The van der Waals surface area contributed by atoms with Gasteiger partial charge in [-0.25, -0.2) is 0 Å². The van der Waals surface area contributed by atoms with Crippen molar-refractivity contribution in [3.8, 4) is 0 Å². The average Bonchev–Trinajstić information content (AvgIpc) is 2.09. The maximum atomic E-state index is 5.24. The van der Waals surface area contributed by atoms with Gasteiger partial charge in [-0.05, 0) is 24.7 Å². The molecule has 0 unspecified atom stereocenters. The lowest BCUT2D eigenvalue weighted by atomic mass is 9.74. The molecule has 0 amide bonds. The van der Waals surface area contributed by atoms with Crippen molar-refractivity contribution < 1.29 is 9.31 Å². The molecular formula is C10H19BO2. The second-order valence-corrected chi connectivity index (χ2v) is 3.54. The van der Waals surface area contributed by atoms with Crippen LogP contribution >= 0.6 is 0 Å². The van der Waals surface area contributed by atoms with Crippen LogP contribution in [0.15, 0.2) is 11.5 Å². The molecule has 0 saturated heterocycles. The standard InChI is InChI=1S/C10H19BO2/c1-12-11(13-2)10-8-6-4-3-5-7-9-10/h8H,3-7,9H2,1-2H3. The molecular weight excluding hydrogens is 163 g/mol. The van der Waals surface area contributed by atoms with Gasteiger partial charge in [-0.1, -0.05) is 25.3 Å². The van der Waals surface area contributed by atoms with E-state index in [0.29, 0.717) is 0 Å². The van der Waals surface area contributed by atoms with Crippen LogP contribution in [0, 0.1) is 0 Å². The van der Waals surface area contributed by atoms with Crippen molar-refractivity contribution in [1.82, 2.24) is 0 Å². The van der Waals surface area contributed by atoms with Gasteiger partial charge < -0.3 is 9.31 Å². The Morgan fingerprint density at radius 2 is 1.77 bits per heavy atom. The van der Waals surface area contributed by atoms with E-state index in [9.17, 15) is 0 Å². The first-order chi connectivity index (χ1) is 6.38. The summed E-state index contributed by atoms with van der Waals surface area (Å²) in [4.78, 5) is 0. The minimum absolute atomic E-state index is 0.113. The van der Waals surface area contributed by atoms with Crippen molar-refractivity contribution in [2.45, 2.75) is 38.5 Å². The van der Waals surface area contributed by atoms with Gasteiger partial charge in [-0.2, -0.15) is 0 Å². The predicted molar refractivity (Wildman–Crippen MR) is 55.6 cm³/mol. The topological polar surface area (TPSA) is 18.5 Å². The van der Waals surface area contributed by atoms with E-state index in [4.69, 9.17) is 9.31 Å². The zero-order valence-corrected chi connectivity index (χ0v) is 8.71. The fourth-order valence-electron chi connectivity index (χ4n) is 1.83. The highest BCUT2D eigenvalue weighted by Crippen LogP contribution is 2.19. The summed E-state index contributed by atoms with van der Waals surface area (Å²) in [7, 11) is 3.29. The summed E-state index contributed by atoms with van der Waals surface area (Å²) < 4.78 is 10.5. The van der Waals surface area contributed by atoms with Crippen LogP contribution in [0.3, 0.4) is 0 Å². The summed E-state index contributed by atoms with van der Waals surface area (Å²) in [5.41, 5.74) is 1.32. The molecule has 0 bridgehead atoms. The first-order valence-corrected chi connectivity index (χ1v) is 5.13. The molecule has 0 fully saturated rings. The molecule has 0 aromatic heterocycles. The van der Waals surface area contributed by atoms with Gasteiger partial charge in [0.05, 0.1) is 0 Å². The SMILES string of the molecule is COB(OC)C1=CCCCCCC1. The van der Waals surface area contributed by atoms with Gasteiger partial charge in [-0.15, -0.1) is 0 Å². The minimum Gasteiger partial charge on any atom is -0.410 e. The molecule has 0 aromatic carbocycles. The van der Waals surface area contributed by atoms with E-state index in [0.717, 1.165) is 6.42 Å². The lowest BCUT2D eigenvalue weighted by Crippen LogP contribution is -2.23. The van der Waals surface area contributed by atoms with Gasteiger partial charge in [0, 0.05) is 14.2 Å². The van der Waals surface area contributed by atoms with Gasteiger partial charge in [0.1, 0.15) is 0 Å². The third-order valence-electron chi connectivity index (χ3n) is 2.56. The van der Waals surface area contributed by atoms with Gasteiger partial charge in [0.2, 0.25) is 0 Å². The Morgan fingerprint density at radius 3 is 2.46 bits per heavy atom. The molecule has 0 saturated carbocycles. The van der Waals surface area contributed by atoms with Crippen LogP contribution in [0.4, 0.5) is 0 Å². The Kier molecular flexibility index (Phi) is 5.17. The van der Waals surface area contributed by atoms with E-state index in [1.54, 1.807) is 14.2 Å². The summed E-state index contributed by atoms with van der Waals surface area (Å²) in [6.45, 7) is 0. The molecule has 74 valence electrons. The summed E-state index contributed by atoms with van der Waals surface area (Å²) in [6.07, 6.45) is 9.90. The highest BCUT2D eigenvalue weighted by Gasteiger charge is 2.20. The van der Waals surface area contributed by atoms with Crippen LogP contribution in [-0.4, -0.2) is 21.3 Å². The normalized spacial score (nSPS) is 18.8. The van der Waals surface area contributed by atoms with Crippen LogP contribution in [0.5, 0.6) is 0 Å². The summed E-state index contributed by atoms with van der Waals surface area (Å²) >= 11 is 0. The van der Waals surface area contributed by atoms with E-state index in [1.807, 2.05) is 0 Å². The zero-order chi connectivity index (χ0) is 9.52. The Labute approximate surface area is 81.4 Å². The molecule has 0 aliphatic heterocycles. The Balaban J connectivity index is 2.51. The lowest BCUT2D eigenvalue weighted by molar-refractivity contribution is 0.285. The van der Waals surface area contributed by atoms with Crippen LogP contribution in [0.2, 0.25) is 0 Å². The van der Waals surface area contributed by atoms with E-state index < -0.39 is 0 Å². The van der Waals surface area contributed by atoms with Crippen molar-refractivity contribution in [3.63, 3.8) is 0 Å². The molecule has 0 aromatic rings. The summed E-state index contributed by atoms with van der Waals surface area (Å²) in [6, 6.07) is 0. The van der Waals surface area contributed by atoms with Gasteiger partial charge >= 0.3 is 7.12 Å².